The third-order valence-corrected chi connectivity index (χ3v) is 6.23. The quantitative estimate of drug-likeness (QED) is 0.325. The molecule has 0 atom stereocenters. The molecular weight excluding hydrogens is 444 g/mol. The zero-order valence-electron chi connectivity index (χ0n) is 20.0. The van der Waals surface area contributed by atoms with Crippen molar-refractivity contribution in [2.24, 2.45) is 0 Å². The van der Waals surface area contributed by atoms with Crippen LogP contribution in [0.25, 0.3) is 22.4 Å². The molecule has 2 aromatic carbocycles. The van der Waals surface area contributed by atoms with Crippen LogP contribution in [-0.2, 0) is 6.54 Å². The summed E-state index contributed by atoms with van der Waals surface area (Å²) in [4.78, 5) is 21.6. The highest BCUT2D eigenvalue weighted by molar-refractivity contribution is 6.06. The van der Waals surface area contributed by atoms with Gasteiger partial charge in [-0.2, -0.15) is 0 Å². The molecule has 0 saturated carbocycles. The summed E-state index contributed by atoms with van der Waals surface area (Å²) < 4.78 is 18.3. The van der Waals surface area contributed by atoms with E-state index < -0.39 is 0 Å². The van der Waals surface area contributed by atoms with Gasteiger partial charge in [0, 0.05) is 11.3 Å². The van der Waals surface area contributed by atoms with Crippen LogP contribution in [0.15, 0.2) is 65.3 Å². The van der Waals surface area contributed by atoms with Crippen LogP contribution in [0.2, 0.25) is 0 Å². The Balaban J connectivity index is 1.62. The number of hydrogen-bond donors (Lipinski definition) is 2. The molecule has 0 aliphatic rings. The molecule has 3 aromatic heterocycles. The number of para-hydroxylation sites is 2. The summed E-state index contributed by atoms with van der Waals surface area (Å²) in [5, 5.41) is 3.13. The number of anilines is 1. The number of furan rings is 1. The van der Waals surface area contributed by atoms with E-state index in [1.54, 1.807) is 38.7 Å². The number of aromatic nitrogens is 3. The topological polar surface area (TPSA) is 94.3 Å². The fraction of sp³-hybridized carbons (Fsp3) is 0.185. The zero-order valence-corrected chi connectivity index (χ0v) is 20.0. The molecule has 3 heterocycles. The Labute approximate surface area is 202 Å². The van der Waals surface area contributed by atoms with Crippen molar-refractivity contribution in [2.45, 2.75) is 20.4 Å². The number of amides is 1. The van der Waals surface area contributed by atoms with E-state index in [-0.39, 0.29) is 5.91 Å². The second-order valence-corrected chi connectivity index (χ2v) is 8.23. The van der Waals surface area contributed by atoms with Crippen LogP contribution in [-0.4, -0.2) is 34.7 Å². The van der Waals surface area contributed by atoms with Gasteiger partial charge in [-0.15, -0.1) is 0 Å². The predicted octanol–water partition coefficient (Wildman–Crippen LogP) is 5.56. The molecule has 0 fully saturated rings. The molecule has 0 spiro atoms. The first-order valence-corrected chi connectivity index (χ1v) is 11.2. The van der Waals surface area contributed by atoms with Gasteiger partial charge in [-0.1, -0.05) is 12.1 Å². The number of carbonyl (C=O) groups excluding carboxylic acids is 1. The Bertz CT molecular complexity index is 1480. The van der Waals surface area contributed by atoms with Crippen molar-refractivity contribution in [1.82, 2.24) is 14.5 Å². The second kappa shape index (κ2) is 9.06. The molecule has 2 N–H and O–H groups in total. The van der Waals surface area contributed by atoms with Crippen molar-refractivity contribution in [3.05, 3.63) is 83.4 Å². The summed E-state index contributed by atoms with van der Waals surface area (Å²) >= 11 is 0. The molecule has 0 bridgehead atoms. The minimum atomic E-state index is -0.276. The summed E-state index contributed by atoms with van der Waals surface area (Å²) in [6, 6.07) is 16.7. The average molecular weight is 471 g/mol. The number of nitrogens with zero attached hydrogens (tertiary/aromatic N) is 2. The van der Waals surface area contributed by atoms with E-state index in [1.807, 2.05) is 54.8 Å². The number of imidazole rings is 1. The Hall–Kier alpha value is -4.46. The molecule has 35 heavy (non-hydrogen) atoms. The highest BCUT2D eigenvalue weighted by atomic mass is 16.5. The maximum atomic E-state index is 13.4. The molecule has 0 aliphatic heterocycles. The second-order valence-electron chi connectivity index (χ2n) is 8.23. The van der Waals surface area contributed by atoms with Crippen molar-refractivity contribution < 1.29 is 18.7 Å². The van der Waals surface area contributed by atoms with Crippen LogP contribution in [0, 0.1) is 13.8 Å². The molecule has 0 unspecified atom stereocenters. The molecule has 0 saturated heterocycles. The summed E-state index contributed by atoms with van der Waals surface area (Å²) in [6.07, 6.45) is 1.64. The number of hydrogen-bond acceptors (Lipinski definition) is 5. The lowest BCUT2D eigenvalue weighted by Crippen LogP contribution is -2.17. The molecule has 8 heteroatoms. The summed E-state index contributed by atoms with van der Waals surface area (Å²) in [5.41, 5.74) is 5.07. The van der Waals surface area contributed by atoms with Crippen molar-refractivity contribution in [3.63, 3.8) is 0 Å². The van der Waals surface area contributed by atoms with E-state index in [0.717, 1.165) is 33.6 Å². The van der Waals surface area contributed by atoms with Gasteiger partial charge in [0.1, 0.15) is 17.4 Å². The van der Waals surface area contributed by atoms with E-state index >= 15 is 0 Å². The number of benzene rings is 2. The number of H-pyrrole nitrogens is 1. The highest BCUT2D eigenvalue weighted by Crippen LogP contribution is 2.37. The first-order chi connectivity index (χ1) is 17.0. The summed E-state index contributed by atoms with van der Waals surface area (Å²) in [5.74, 6) is 2.86. The Morgan fingerprint density at radius 3 is 2.57 bits per heavy atom. The lowest BCUT2D eigenvalue weighted by Gasteiger charge is -2.14. The van der Waals surface area contributed by atoms with Crippen LogP contribution < -0.4 is 14.8 Å². The number of ether oxygens (including phenoxy) is 2. The highest BCUT2D eigenvalue weighted by Gasteiger charge is 2.24. The number of nitrogens with one attached hydrogen (secondary N) is 2. The van der Waals surface area contributed by atoms with Crippen LogP contribution >= 0.6 is 0 Å². The van der Waals surface area contributed by atoms with Crippen LogP contribution in [0.3, 0.4) is 0 Å². The van der Waals surface area contributed by atoms with Gasteiger partial charge in [0.2, 0.25) is 0 Å². The van der Waals surface area contributed by atoms with Gasteiger partial charge in [0.05, 0.1) is 43.6 Å². The molecule has 0 radical (unpaired) electrons. The van der Waals surface area contributed by atoms with Gasteiger partial charge >= 0.3 is 0 Å². The maximum absolute atomic E-state index is 13.4. The van der Waals surface area contributed by atoms with Crippen molar-refractivity contribution >= 4 is 22.8 Å². The van der Waals surface area contributed by atoms with Gasteiger partial charge in [-0.05, 0) is 61.9 Å². The molecule has 1 amide bonds. The van der Waals surface area contributed by atoms with Gasteiger partial charge in [0.25, 0.3) is 5.91 Å². The molecule has 178 valence electrons. The van der Waals surface area contributed by atoms with Gasteiger partial charge in [-0.3, -0.25) is 4.79 Å². The van der Waals surface area contributed by atoms with E-state index in [4.69, 9.17) is 18.9 Å². The van der Waals surface area contributed by atoms with E-state index in [9.17, 15) is 4.79 Å². The Morgan fingerprint density at radius 1 is 1.06 bits per heavy atom. The van der Waals surface area contributed by atoms with Crippen LogP contribution in [0.5, 0.6) is 11.5 Å². The van der Waals surface area contributed by atoms with Crippen molar-refractivity contribution in [3.8, 4) is 22.9 Å². The molecule has 0 aliphatic carbocycles. The maximum Gasteiger partial charge on any atom is 0.256 e. The molecule has 5 rings (SSSR count). The molecular formula is C27H26N4O4. The number of methoxy groups -OCH3 is 2. The van der Waals surface area contributed by atoms with Gasteiger partial charge in [0.15, 0.2) is 11.5 Å². The summed E-state index contributed by atoms with van der Waals surface area (Å²) in [6.45, 7) is 4.51. The van der Waals surface area contributed by atoms with Gasteiger partial charge in [-0.25, -0.2) is 4.98 Å². The first kappa shape index (κ1) is 22.3. The van der Waals surface area contributed by atoms with Crippen LogP contribution in [0.4, 0.5) is 5.82 Å². The third-order valence-electron chi connectivity index (χ3n) is 6.23. The van der Waals surface area contributed by atoms with E-state index in [2.05, 4.69) is 10.3 Å². The number of carbonyl (C=O) groups is 1. The lowest BCUT2D eigenvalue weighted by molar-refractivity contribution is 0.102. The van der Waals surface area contributed by atoms with E-state index in [0.29, 0.717) is 35.2 Å². The fourth-order valence-corrected chi connectivity index (χ4v) is 4.27. The number of fused-ring (bicyclic) bond motifs is 1. The predicted molar refractivity (Wildman–Crippen MR) is 134 cm³/mol. The van der Waals surface area contributed by atoms with Crippen molar-refractivity contribution in [1.29, 1.82) is 0 Å². The largest absolute Gasteiger partial charge is 0.493 e. The van der Waals surface area contributed by atoms with Gasteiger partial charge < -0.3 is 28.8 Å². The van der Waals surface area contributed by atoms with Crippen LogP contribution in [0.1, 0.15) is 27.4 Å². The smallest absolute Gasteiger partial charge is 0.256 e. The number of rotatable bonds is 7. The molecule has 5 aromatic rings. The fourth-order valence-electron chi connectivity index (χ4n) is 4.27. The minimum Gasteiger partial charge on any atom is -0.493 e. The molecule has 8 nitrogen and oxygen atoms in total. The monoisotopic (exact) mass is 470 g/mol. The normalized spacial score (nSPS) is 11.1. The SMILES string of the molecule is COc1ccc(C(=O)Nc2c(-c3nc4ccccc4[nH]3)c(C)c(C)n2Cc2ccco2)cc1OC. The first-order valence-electron chi connectivity index (χ1n) is 11.2. The average Bonchev–Trinajstić information content (AvgIpc) is 3.59. The zero-order chi connectivity index (χ0) is 24.5. The number of aromatic amines is 1. The van der Waals surface area contributed by atoms with Crippen molar-refractivity contribution in [2.75, 3.05) is 19.5 Å². The summed E-state index contributed by atoms with van der Waals surface area (Å²) in [7, 11) is 3.10. The standard InChI is InChI=1S/C27H26N4O4/c1-16-17(2)31(15-19-8-7-13-35-19)26(24(16)25-28-20-9-5-6-10-21(20)29-25)30-27(32)18-11-12-22(33-3)23(14-18)34-4/h5-14H,15H2,1-4H3,(H,28,29)(H,30,32). The third kappa shape index (κ3) is 4.03. The minimum absolute atomic E-state index is 0.276. The Morgan fingerprint density at radius 2 is 1.86 bits per heavy atom. The lowest BCUT2D eigenvalue weighted by atomic mass is 10.1. The van der Waals surface area contributed by atoms with E-state index in [1.165, 1.54) is 0 Å². The Kier molecular flexibility index (Phi) is 5.78.